The van der Waals surface area contributed by atoms with Crippen molar-refractivity contribution in [2.75, 3.05) is 19.5 Å². The van der Waals surface area contributed by atoms with Gasteiger partial charge >= 0.3 is 5.97 Å². The van der Waals surface area contributed by atoms with Crippen molar-refractivity contribution in [3.63, 3.8) is 0 Å². The minimum atomic E-state index is -3.46. The summed E-state index contributed by atoms with van der Waals surface area (Å²) in [6, 6.07) is 4.38. The van der Waals surface area contributed by atoms with Crippen LogP contribution in [0.1, 0.15) is 51.0 Å². The van der Waals surface area contributed by atoms with Gasteiger partial charge in [0, 0.05) is 24.5 Å². The maximum Gasteiger partial charge on any atom is 0.310 e. The molecule has 0 aromatic heterocycles. The molecule has 0 amide bonds. The predicted octanol–water partition coefficient (Wildman–Crippen LogP) is 3.87. The quantitative estimate of drug-likeness (QED) is 0.762. The molecule has 1 saturated carbocycles. The van der Waals surface area contributed by atoms with Crippen LogP contribution in [0, 0.1) is 11.3 Å². The summed E-state index contributed by atoms with van der Waals surface area (Å²) in [5.74, 6) is -2.15. The number of halogens is 1. The van der Waals surface area contributed by atoms with Gasteiger partial charge in [0.05, 0.1) is 29.0 Å². The molecule has 2 fully saturated rings. The second-order valence-corrected chi connectivity index (χ2v) is 11.2. The number of sulfone groups is 1. The van der Waals surface area contributed by atoms with E-state index in [9.17, 15) is 18.3 Å². The lowest BCUT2D eigenvalue weighted by atomic mass is 9.87. The molecule has 2 aliphatic rings. The van der Waals surface area contributed by atoms with E-state index >= 15 is 0 Å². The smallest absolute Gasteiger partial charge is 0.310 e. The molecule has 1 aliphatic carbocycles. The Bertz CT molecular complexity index is 853. The molecule has 6 nitrogen and oxygen atoms in total. The average molecular weight is 431 g/mol. The van der Waals surface area contributed by atoms with E-state index in [2.05, 4.69) is 13.8 Å². The summed E-state index contributed by atoms with van der Waals surface area (Å²) in [6.45, 7) is 5.45. The largest absolute Gasteiger partial charge is 0.481 e. The monoisotopic (exact) mass is 430 g/mol. The minimum absolute atomic E-state index is 0.00787. The first-order chi connectivity index (χ1) is 12.9. The molecule has 1 saturated heterocycles. The number of hydrogen-bond donors (Lipinski definition) is 1. The zero-order valence-electron chi connectivity index (χ0n) is 16.4. The van der Waals surface area contributed by atoms with Gasteiger partial charge in [0.1, 0.15) is 0 Å². The van der Waals surface area contributed by atoms with Crippen molar-refractivity contribution < 1.29 is 27.8 Å². The molecule has 1 heterocycles. The van der Waals surface area contributed by atoms with Crippen LogP contribution in [0.2, 0.25) is 5.02 Å². The van der Waals surface area contributed by atoms with Gasteiger partial charge in [-0.25, -0.2) is 8.42 Å². The van der Waals surface area contributed by atoms with Gasteiger partial charge in [-0.15, -0.1) is 0 Å². The van der Waals surface area contributed by atoms with E-state index in [1.165, 1.54) is 12.1 Å². The molecule has 1 spiro atoms. The average Bonchev–Trinajstić information content (AvgIpc) is 2.97. The van der Waals surface area contributed by atoms with Gasteiger partial charge in [-0.1, -0.05) is 31.5 Å². The molecular weight excluding hydrogens is 404 g/mol. The fourth-order valence-corrected chi connectivity index (χ4v) is 5.35. The Morgan fingerprint density at radius 3 is 2.50 bits per heavy atom. The molecule has 2 atom stereocenters. The molecule has 0 radical (unpaired) electrons. The Balaban J connectivity index is 1.73. The third-order valence-corrected chi connectivity index (χ3v) is 7.19. The van der Waals surface area contributed by atoms with E-state index in [4.69, 9.17) is 21.1 Å². The van der Waals surface area contributed by atoms with Crippen LogP contribution in [0.4, 0.5) is 0 Å². The van der Waals surface area contributed by atoms with Gasteiger partial charge in [0.25, 0.3) is 0 Å². The first kappa shape index (κ1) is 21.6. The van der Waals surface area contributed by atoms with Crippen LogP contribution >= 0.6 is 11.6 Å². The maximum atomic E-state index is 11.9. The van der Waals surface area contributed by atoms with Gasteiger partial charge in [-0.2, -0.15) is 0 Å². The lowest BCUT2D eigenvalue weighted by Gasteiger charge is -2.41. The minimum Gasteiger partial charge on any atom is -0.481 e. The summed E-state index contributed by atoms with van der Waals surface area (Å²) >= 11 is 6.11. The standard InChI is InChI=1S/C20H27ClO6S/c1-19(2)11-26-20(27-12-19)7-6-13(10-20)8-15(18(22)23)14-4-5-17(16(21)9-14)28(3,24)25/h4-5,9,13,15H,6-8,10-12H2,1-3H3,(H,22,23)/t13?,15-/m1/s1. The molecule has 1 aromatic rings. The highest BCUT2D eigenvalue weighted by Crippen LogP contribution is 2.46. The summed E-state index contributed by atoms with van der Waals surface area (Å²) in [5, 5.41) is 9.80. The van der Waals surface area contributed by atoms with Crippen LogP contribution in [-0.4, -0.2) is 44.8 Å². The molecule has 156 valence electrons. The summed E-state index contributed by atoms with van der Waals surface area (Å²) in [6.07, 6.45) is 3.77. The van der Waals surface area contributed by atoms with Crippen molar-refractivity contribution in [2.24, 2.45) is 11.3 Å². The number of benzene rings is 1. The van der Waals surface area contributed by atoms with E-state index in [1.54, 1.807) is 6.07 Å². The summed E-state index contributed by atoms with van der Waals surface area (Å²) in [5.41, 5.74) is 0.503. The first-order valence-corrected chi connectivity index (χ1v) is 11.7. The highest BCUT2D eigenvalue weighted by molar-refractivity contribution is 7.90. The first-order valence-electron chi connectivity index (χ1n) is 9.41. The van der Waals surface area contributed by atoms with E-state index < -0.39 is 27.5 Å². The topological polar surface area (TPSA) is 89.9 Å². The van der Waals surface area contributed by atoms with Gasteiger partial charge < -0.3 is 14.6 Å². The van der Waals surface area contributed by atoms with Crippen LogP contribution in [0.5, 0.6) is 0 Å². The van der Waals surface area contributed by atoms with Crippen molar-refractivity contribution in [1.29, 1.82) is 0 Å². The highest BCUT2D eigenvalue weighted by atomic mass is 35.5. The molecule has 0 bridgehead atoms. The van der Waals surface area contributed by atoms with E-state index in [-0.39, 0.29) is 21.3 Å². The fraction of sp³-hybridized carbons (Fsp3) is 0.650. The molecule has 1 aromatic carbocycles. The summed E-state index contributed by atoms with van der Waals surface area (Å²) < 4.78 is 35.5. The van der Waals surface area contributed by atoms with Gasteiger partial charge in [-0.3, -0.25) is 4.79 Å². The van der Waals surface area contributed by atoms with Gasteiger partial charge in [-0.05, 0) is 36.5 Å². The number of hydrogen-bond acceptors (Lipinski definition) is 5. The van der Waals surface area contributed by atoms with Gasteiger partial charge in [0.2, 0.25) is 0 Å². The van der Waals surface area contributed by atoms with Crippen molar-refractivity contribution in [2.45, 2.75) is 56.1 Å². The molecule has 28 heavy (non-hydrogen) atoms. The van der Waals surface area contributed by atoms with E-state index in [0.717, 1.165) is 19.1 Å². The van der Waals surface area contributed by atoms with Crippen molar-refractivity contribution in [3.05, 3.63) is 28.8 Å². The number of ether oxygens (including phenoxy) is 2. The van der Waals surface area contributed by atoms with Crippen LogP contribution in [0.25, 0.3) is 0 Å². The summed E-state index contributed by atoms with van der Waals surface area (Å²) in [7, 11) is -3.46. The third kappa shape index (κ3) is 4.70. The molecule has 8 heteroatoms. The lowest BCUT2D eigenvalue weighted by molar-refractivity contribution is -0.296. The Morgan fingerprint density at radius 1 is 1.32 bits per heavy atom. The molecule has 1 N–H and O–H groups in total. The molecule has 3 rings (SSSR count). The Morgan fingerprint density at radius 2 is 1.96 bits per heavy atom. The molecular formula is C20H27ClO6S. The van der Waals surface area contributed by atoms with E-state index in [1.807, 2.05) is 0 Å². The van der Waals surface area contributed by atoms with Crippen molar-refractivity contribution in [3.8, 4) is 0 Å². The molecule has 1 unspecified atom stereocenters. The van der Waals surface area contributed by atoms with Crippen LogP contribution < -0.4 is 0 Å². The SMILES string of the molecule is CC1(C)COC2(CCC(C[C@@H](C(=O)O)c3ccc(S(C)(=O)=O)c(Cl)c3)C2)OC1. The summed E-state index contributed by atoms with van der Waals surface area (Å²) in [4.78, 5) is 11.9. The van der Waals surface area contributed by atoms with Gasteiger partial charge in [0.15, 0.2) is 15.6 Å². The zero-order valence-corrected chi connectivity index (χ0v) is 18.0. The Hall–Kier alpha value is -1.15. The van der Waals surface area contributed by atoms with Crippen LogP contribution in [-0.2, 0) is 24.1 Å². The van der Waals surface area contributed by atoms with Crippen molar-refractivity contribution in [1.82, 2.24) is 0 Å². The Labute approximate surface area is 171 Å². The zero-order chi connectivity index (χ0) is 20.7. The number of aliphatic carboxylic acids is 1. The predicted molar refractivity (Wildman–Crippen MR) is 105 cm³/mol. The lowest BCUT2D eigenvalue weighted by Crippen LogP contribution is -2.46. The normalized spacial score (nSPS) is 24.9. The second kappa shape index (κ2) is 7.59. The Kier molecular flexibility index (Phi) is 5.85. The van der Waals surface area contributed by atoms with E-state index in [0.29, 0.717) is 31.6 Å². The second-order valence-electron chi connectivity index (χ2n) is 8.85. The number of rotatable bonds is 5. The molecule has 1 aliphatic heterocycles. The fourth-order valence-electron chi connectivity index (χ4n) is 4.02. The maximum absolute atomic E-state index is 11.9. The number of carboxylic acids is 1. The van der Waals surface area contributed by atoms with Crippen molar-refractivity contribution >= 4 is 27.4 Å². The van der Waals surface area contributed by atoms with Crippen LogP contribution in [0.15, 0.2) is 23.1 Å². The number of carboxylic acid groups (broad SMARTS) is 1. The number of carbonyl (C=O) groups is 1. The highest BCUT2D eigenvalue weighted by Gasteiger charge is 2.46. The third-order valence-electron chi connectivity index (χ3n) is 5.61. The van der Waals surface area contributed by atoms with Crippen LogP contribution in [0.3, 0.4) is 0 Å².